The van der Waals surface area contributed by atoms with Crippen molar-refractivity contribution >= 4 is 27.4 Å². The number of nitrogens with two attached hydrogens (primary N) is 1. The topological polar surface area (TPSA) is 85.8 Å². The van der Waals surface area contributed by atoms with Crippen molar-refractivity contribution in [3.05, 3.63) is 42.2 Å². The van der Waals surface area contributed by atoms with Crippen LogP contribution in [0.4, 0.5) is 5.82 Å². The van der Waals surface area contributed by atoms with Crippen LogP contribution in [0.1, 0.15) is 25.7 Å². The van der Waals surface area contributed by atoms with E-state index in [-0.39, 0.29) is 0 Å². The number of aromatic nitrogens is 5. The summed E-state index contributed by atoms with van der Waals surface area (Å²) in [6, 6.07) is 9.77. The summed E-state index contributed by atoms with van der Waals surface area (Å²) in [4.78, 5) is 7.08. The second kappa shape index (κ2) is 6.85. The summed E-state index contributed by atoms with van der Waals surface area (Å²) in [6.07, 6.45) is 8.41. The SMILES string of the molecule is Cn1cc(-c2ccc(-c3ccc(N4C5CCC4CC(N)C5)nn3)c3scnc23)cn1. The third kappa shape index (κ3) is 2.82. The van der Waals surface area contributed by atoms with Crippen LogP contribution in [0.15, 0.2) is 42.2 Å². The van der Waals surface area contributed by atoms with Crippen LogP contribution in [0.5, 0.6) is 0 Å². The van der Waals surface area contributed by atoms with Gasteiger partial charge in [0, 0.05) is 48.1 Å². The van der Waals surface area contributed by atoms with Gasteiger partial charge in [-0.1, -0.05) is 12.1 Å². The Bertz CT molecular complexity index is 1200. The average molecular weight is 418 g/mol. The molecule has 2 unspecified atom stereocenters. The Kier molecular flexibility index (Phi) is 4.10. The van der Waals surface area contributed by atoms with Gasteiger partial charge in [0.15, 0.2) is 5.82 Å². The fourth-order valence-corrected chi connectivity index (χ4v) is 5.98. The number of aryl methyl sites for hydroxylation is 1. The van der Waals surface area contributed by atoms with Gasteiger partial charge in [-0.3, -0.25) is 4.68 Å². The van der Waals surface area contributed by atoms with Crippen molar-refractivity contribution in [2.24, 2.45) is 12.8 Å². The minimum atomic E-state index is 0.323. The number of hydrogen-bond donors (Lipinski definition) is 1. The van der Waals surface area contributed by atoms with Gasteiger partial charge in [0.25, 0.3) is 0 Å². The summed E-state index contributed by atoms with van der Waals surface area (Å²) in [5, 5.41) is 13.5. The largest absolute Gasteiger partial charge is 0.349 e. The van der Waals surface area contributed by atoms with Crippen molar-refractivity contribution in [2.75, 3.05) is 4.90 Å². The summed E-state index contributed by atoms with van der Waals surface area (Å²) in [6.45, 7) is 0. The Morgan fingerprint density at radius 3 is 2.53 bits per heavy atom. The number of hydrogen-bond acceptors (Lipinski definition) is 7. The van der Waals surface area contributed by atoms with Crippen molar-refractivity contribution in [2.45, 2.75) is 43.8 Å². The van der Waals surface area contributed by atoms with Crippen LogP contribution >= 0.6 is 11.3 Å². The van der Waals surface area contributed by atoms with Crippen LogP contribution in [-0.2, 0) is 7.05 Å². The highest BCUT2D eigenvalue weighted by Gasteiger charge is 2.40. The third-order valence-electron chi connectivity index (χ3n) is 6.46. The van der Waals surface area contributed by atoms with E-state index in [9.17, 15) is 0 Å². The van der Waals surface area contributed by atoms with Crippen molar-refractivity contribution in [3.8, 4) is 22.4 Å². The molecule has 0 spiro atoms. The molecule has 2 fully saturated rings. The number of fused-ring (bicyclic) bond motifs is 3. The number of benzene rings is 1. The molecular weight excluding hydrogens is 394 g/mol. The molecule has 0 saturated carbocycles. The molecular formula is C22H23N7S. The quantitative estimate of drug-likeness (QED) is 0.548. The summed E-state index contributed by atoms with van der Waals surface area (Å²) in [5.74, 6) is 0.977. The van der Waals surface area contributed by atoms with E-state index in [1.54, 1.807) is 11.3 Å². The van der Waals surface area contributed by atoms with Crippen LogP contribution in [0.3, 0.4) is 0 Å². The van der Waals surface area contributed by atoms with Crippen molar-refractivity contribution in [1.82, 2.24) is 25.0 Å². The molecule has 2 saturated heterocycles. The van der Waals surface area contributed by atoms with E-state index < -0.39 is 0 Å². The summed E-state index contributed by atoms with van der Waals surface area (Å²) < 4.78 is 2.94. The minimum absolute atomic E-state index is 0.323. The van der Waals surface area contributed by atoms with E-state index in [4.69, 9.17) is 5.73 Å². The van der Waals surface area contributed by atoms with Crippen LogP contribution in [0.2, 0.25) is 0 Å². The fourth-order valence-electron chi connectivity index (χ4n) is 5.15. The summed E-state index contributed by atoms with van der Waals surface area (Å²) >= 11 is 1.64. The smallest absolute Gasteiger partial charge is 0.151 e. The van der Waals surface area contributed by atoms with Gasteiger partial charge in [-0.05, 0) is 37.8 Å². The number of rotatable bonds is 3. The normalized spacial score (nSPS) is 23.4. The number of nitrogens with zero attached hydrogens (tertiary/aromatic N) is 6. The lowest BCUT2D eigenvalue weighted by Gasteiger charge is -2.38. The molecule has 4 aromatic rings. The lowest BCUT2D eigenvalue weighted by molar-refractivity contribution is 0.411. The molecule has 2 aliphatic heterocycles. The Morgan fingerprint density at radius 1 is 1.03 bits per heavy atom. The van der Waals surface area contributed by atoms with E-state index in [0.717, 1.165) is 51.3 Å². The first kappa shape index (κ1) is 18.0. The van der Waals surface area contributed by atoms with Gasteiger partial charge in [0.1, 0.15) is 0 Å². The van der Waals surface area contributed by atoms with E-state index in [1.807, 2.05) is 29.6 Å². The molecule has 2 N–H and O–H groups in total. The molecule has 152 valence electrons. The van der Waals surface area contributed by atoms with Gasteiger partial charge >= 0.3 is 0 Å². The van der Waals surface area contributed by atoms with Gasteiger partial charge < -0.3 is 10.6 Å². The lowest BCUT2D eigenvalue weighted by atomic mass is 9.98. The van der Waals surface area contributed by atoms with Gasteiger partial charge in [-0.25, -0.2) is 4.98 Å². The zero-order chi connectivity index (χ0) is 20.2. The maximum absolute atomic E-state index is 6.22. The van der Waals surface area contributed by atoms with Crippen molar-refractivity contribution in [3.63, 3.8) is 0 Å². The predicted octanol–water partition coefficient (Wildman–Crippen LogP) is 3.61. The number of anilines is 1. The Hall–Kier alpha value is -2.84. The van der Waals surface area contributed by atoms with Gasteiger partial charge in [-0.2, -0.15) is 5.10 Å². The highest BCUT2D eigenvalue weighted by Crippen LogP contribution is 2.39. The molecule has 2 bridgehead atoms. The molecule has 1 aromatic carbocycles. The molecule has 0 amide bonds. The van der Waals surface area contributed by atoms with E-state index in [0.29, 0.717) is 18.1 Å². The van der Waals surface area contributed by atoms with E-state index >= 15 is 0 Å². The molecule has 2 aliphatic rings. The first-order valence-corrected chi connectivity index (χ1v) is 11.3. The second-order valence-corrected chi connectivity index (χ2v) is 9.25. The molecule has 8 heteroatoms. The standard InChI is InChI=1S/C22H23N7S/c1-28-11-13(10-25-28)17-4-5-18(22-21(17)24-12-30-22)19-6-7-20(27-26-19)29-15-2-3-16(29)9-14(23)8-15/h4-7,10-12,14-16H,2-3,8-9,23H2,1H3. The summed E-state index contributed by atoms with van der Waals surface area (Å²) in [5.41, 5.74) is 13.2. The average Bonchev–Trinajstić information content (AvgIpc) is 3.46. The summed E-state index contributed by atoms with van der Waals surface area (Å²) in [7, 11) is 1.93. The zero-order valence-electron chi connectivity index (χ0n) is 16.8. The van der Waals surface area contributed by atoms with Gasteiger partial charge in [0.2, 0.25) is 0 Å². The molecule has 6 rings (SSSR count). The van der Waals surface area contributed by atoms with Crippen molar-refractivity contribution in [1.29, 1.82) is 0 Å². The molecule has 3 aromatic heterocycles. The first-order valence-electron chi connectivity index (χ1n) is 10.4. The molecule has 5 heterocycles. The molecule has 2 atom stereocenters. The molecule has 0 aliphatic carbocycles. The highest BCUT2D eigenvalue weighted by atomic mass is 32.1. The van der Waals surface area contributed by atoms with E-state index in [1.165, 1.54) is 12.8 Å². The van der Waals surface area contributed by atoms with Crippen LogP contribution in [-0.4, -0.2) is 43.1 Å². The highest BCUT2D eigenvalue weighted by molar-refractivity contribution is 7.17. The lowest BCUT2D eigenvalue weighted by Crippen LogP contribution is -2.47. The Balaban J connectivity index is 1.36. The number of piperidine rings is 1. The Labute approximate surface area is 178 Å². The van der Waals surface area contributed by atoms with Gasteiger partial charge in [0.05, 0.1) is 27.6 Å². The molecule has 7 nitrogen and oxygen atoms in total. The fraction of sp³-hybridized carbons (Fsp3) is 0.364. The number of thiazole rings is 1. The third-order valence-corrected chi connectivity index (χ3v) is 7.32. The monoisotopic (exact) mass is 417 g/mol. The second-order valence-electron chi connectivity index (χ2n) is 8.39. The Morgan fingerprint density at radius 2 is 1.83 bits per heavy atom. The van der Waals surface area contributed by atoms with Crippen LogP contribution < -0.4 is 10.6 Å². The first-order chi connectivity index (χ1) is 14.7. The zero-order valence-corrected chi connectivity index (χ0v) is 17.6. The van der Waals surface area contributed by atoms with Crippen molar-refractivity contribution < 1.29 is 0 Å². The predicted molar refractivity (Wildman–Crippen MR) is 119 cm³/mol. The van der Waals surface area contributed by atoms with Gasteiger partial charge in [-0.15, -0.1) is 21.5 Å². The maximum atomic E-state index is 6.22. The molecule has 30 heavy (non-hydrogen) atoms. The molecule has 0 radical (unpaired) electrons. The maximum Gasteiger partial charge on any atom is 0.151 e. The van der Waals surface area contributed by atoms with E-state index in [2.05, 4.69) is 49.4 Å². The minimum Gasteiger partial charge on any atom is -0.349 e. The van der Waals surface area contributed by atoms with Crippen LogP contribution in [0, 0.1) is 0 Å². The van der Waals surface area contributed by atoms with Crippen LogP contribution in [0.25, 0.3) is 32.6 Å².